The molecule has 0 spiro atoms. The van der Waals surface area contributed by atoms with Gasteiger partial charge in [0.1, 0.15) is 0 Å². The van der Waals surface area contributed by atoms with Gasteiger partial charge in [-0.25, -0.2) is 0 Å². The molecule has 0 aliphatic carbocycles. The molecule has 0 saturated carbocycles. The first-order valence-corrected chi connectivity index (χ1v) is 8.69. The largest absolute Gasteiger partial charge is 3.00 e. The minimum Gasteiger partial charge on any atom is -0.254 e. The fraction of sp³-hybridized carbons (Fsp3) is 0. The van der Waals surface area contributed by atoms with Crippen molar-refractivity contribution < 1.29 is 49.4 Å². The third-order valence-corrected chi connectivity index (χ3v) is 4.79. The zero-order chi connectivity index (χ0) is 17.3. The molecule has 0 N–H and O–H groups in total. The molecule has 0 aliphatic heterocycles. The summed E-state index contributed by atoms with van der Waals surface area (Å²) in [5.41, 5.74) is 6.65. The molecule has 3 aromatic carbocycles. The van der Waals surface area contributed by atoms with Crippen LogP contribution in [0.15, 0.2) is 97.3 Å². The molecule has 0 atom stereocenters. The Morgan fingerprint density at radius 2 is 0.852 bits per heavy atom. The number of hydrogen-bond donors (Lipinski definition) is 0. The van der Waals surface area contributed by atoms with E-state index in [0.717, 1.165) is 21.8 Å². The molecule has 0 unspecified atom stereocenters. The van der Waals surface area contributed by atoms with E-state index in [1.807, 2.05) is 24.5 Å². The summed E-state index contributed by atoms with van der Waals surface area (Å²) in [6, 6.07) is 29.3. The third kappa shape index (κ3) is 3.36. The van der Waals surface area contributed by atoms with Crippen molar-refractivity contribution in [3.05, 3.63) is 97.3 Å². The van der Waals surface area contributed by atoms with Crippen molar-refractivity contribution in [3.8, 4) is 22.3 Å². The van der Waals surface area contributed by atoms with E-state index in [1.54, 1.807) is 0 Å². The quantitative estimate of drug-likeness (QED) is 0.282. The Hall–Kier alpha value is -1.94. The standard InChI is InChI=1S/C24H16N2.Eu/c1-3-7-17(8-4-1)19-13-15-25-23-21(19)11-12-22-20(14-16-26-24(22)23)18-9-5-2-6-10-18;/h1-16H;/q;+3. The summed E-state index contributed by atoms with van der Waals surface area (Å²) in [4.78, 5) is 9.34. The number of pyridine rings is 2. The van der Waals surface area contributed by atoms with Gasteiger partial charge in [-0.05, 0) is 34.4 Å². The summed E-state index contributed by atoms with van der Waals surface area (Å²) in [6.07, 6.45) is 3.75. The van der Waals surface area contributed by atoms with E-state index in [0.29, 0.717) is 0 Å². The second-order valence-corrected chi connectivity index (χ2v) is 6.31. The SMILES string of the molecule is [Eu+3].c1ccc(-c2ccnc3c2ccc2c(-c4ccccc4)ccnc23)cc1. The van der Waals surface area contributed by atoms with Gasteiger partial charge in [-0.3, -0.25) is 9.97 Å². The fourth-order valence-corrected chi connectivity index (χ4v) is 3.57. The number of fused-ring (bicyclic) bond motifs is 3. The normalized spacial score (nSPS) is 10.7. The molecule has 3 heteroatoms. The van der Waals surface area contributed by atoms with Crippen molar-refractivity contribution in [3.63, 3.8) is 0 Å². The van der Waals surface area contributed by atoms with Crippen LogP contribution in [0.25, 0.3) is 44.1 Å². The summed E-state index contributed by atoms with van der Waals surface area (Å²) in [6.45, 7) is 0. The molecule has 0 saturated heterocycles. The third-order valence-electron chi connectivity index (χ3n) is 4.79. The number of nitrogens with zero attached hydrogens (tertiary/aromatic N) is 2. The van der Waals surface area contributed by atoms with Crippen molar-refractivity contribution in [1.29, 1.82) is 0 Å². The van der Waals surface area contributed by atoms with Crippen LogP contribution < -0.4 is 0 Å². The van der Waals surface area contributed by atoms with Gasteiger partial charge in [0.15, 0.2) is 0 Å². The van der Waals surface area contributed by atoms with Gasteiger partial charge in [0, 0.05) is 23.2 Å². The molecule has 0 bridgehead atoms. The van der Waals surface area contributed by atoms with Crippen LogP contribution >= 0.6 is 0 Å². The molecule has 0 radical (unpaired) electrons. The summed E-state index contributed by atoms with van der Waals surface area (Å²) in [5, 5.41) is 2.26. The maximum absolute atomic E-state index is 4.67. The van der Waals surface area contributed by atoms with E-state index in [-0.39, 0.29) is 49.4 Å². The van der Waals surface area contributed by atoms with Gasteiger partial charge in [0.25, 0.3) is 0 Å². The van der Waals surface area contributed by atoms with Gasteiger partial charge < -0.3 is 0 Å². The molecule has 2 nitrogen and oxygen atoms in total. The molecule has 5 rings (SSSR count). The second-order valence-electron chi connectivity index (χ2n) is 6.31. The van der Waals surface area contributed by atoms with E-state index in [2.05, 4.69) is 82.8 Å². The average Bonchev–Trinajstić information content (AvgIpc) is 2.74. The Balaban J connectivity index is 0.00000180. The van der Waals surface area contributed by atoms with Crippen LogP contribution in [-0.2, 0) is 0 Å². The Bertz CT molecular complexity index is 1120. The summed E-state index contributed by atoms with van der Waals surface area (Å²) in [5.74, 6) is 0. The maximum atomic E-state index is 4.67. The molecule has 5 aromatic rings. The van der Waals surface area contributed by atoms with Gasteiger partial charge >= 0.3 is 49.4 Å². The molecule has 2 aromatic heterocycles. The first-order valence-electron chi connectivity index (χ1n) is 8.69. The zero-order valence-electron chi connectivity index (χ0n) is 14.5. The van der Waals surface area contributed by atoms with Crippen molar-refractivity contribution >= 4 is 21.8 Å². The van der Waals surface area contributed by atoms with Gasteiger partial charge in [0.2, 0.25) is 0 Å². The topological polar surface area (TPSA) is 25.8 Å². The van der Waals surface area contributed by atoms with Gasteiger partial charge in [0.05, 0.1) is 11.0 Å². The summed E-state index contributed by atoms with van der Waals surface area (Å²) in [7, 11) is 0. The van der Waals surface area contributed by atoms with Crippen LogP contribution in [0.3, 0.4) is 0 Å². The first kappa shape index (κ1) is 18.4. The van der Waals surface area contributed by atoms with Gasteiger partial charge in [-0.1, -0.05) is 72.8 Å². The molecule has 2 heterocycles. The molecular formula is C24H16EuN2+3. The number of aromatic nitrogens is 2. The maximum Gasteiger partial charge on any atom is 3.00 e. The number of benzene rings is 3. The van der Waals surface area contributed by atoms with E-state index < -0.39 is 0 Å². The summed E-state index contributed by atoms with van der Waals surface area (Å²) >= 11 is 0. The fourth-order valence-electron chi connectivity index (χ4n) is 3.57. The van der Waals surface area contributed by atoms with E-state index in [9.17, 15) is 0 Å². The van der Waals surface area contributed by atoms with Crippen LogP contribution in [0.5, 0.6) is 0 Å². The first-order chi connectivity index (χ1) is 12.9. The second kappa shape index (κ2) is 7.98. The van der Waals surface area contributed by atoms with Crippen molar-refractivity contribution in [2.45, 2.75) is 0 Å². The van der Waals surface area contributed by atoms with Crippen LogP contribution in [0.2, 0.25) is 0 Å². The van der Waals surface area contributed by atoms with Crippen LogP contribution in [-0.4, -0.2) is 9.97 Å². The predicted octanol–water partition coefficient (Wildman–Crippen LogP) is 6.12. The molecule has 0 fully saturated rings. The molecule has 126 valence electrons. The van der Waals surface area contributed by atoms with Crippen LogP contribution in [0.1, 0.15) is 0 Å². The smallest absolute Gasteiger partial charge is 0.254 e. The zero-order valence-corrected chi connectivity index (χ0v) is 16.9. The Labute approximate surface area is 198 Å². The molecule has 0 aliphatic rings. The van der Waals surface area contributed by atoms with Gasteiger partial charge in [-0.15, -0.1) is 0 Å². The molecular weight excluding hydrogens is 468 g/mol. The number of hydrogen-bond acceptors (Lipinski definition) is 2. The Morgan fingerprint density at radius 1 is 0.444 bits per heavy atom. The number of rotatable bonds is 2. The predicted molar refractivity (Wildman–Crippen MR) is 108 cm³/mol. The monoisotopic (exact) mass is 485 g/mol. The van der Waals surface area contributed by atoms with E-state index in [1.165, 1.54) is 22.3 Å². The Morgan fingerprint density at radius 3 is 1.26 bits per heavy atom. The molecule has 27 heavy (non-hydrogen) atoms. The Kier molecular flexibility index (Phi) is 5.44. The molecule has 0 amide bonds. The van der Waals surface area contributed by atoms with Crippen molar-refractivity contribution in [1.82, 2.24) is 9.97 Å². The van der Waals surface area contributed by atoms with Crippen molar-refractivity contribution in [2.75, 3.05) is 0 Å². The van der Waals surface area contributed by atoms with Crippen molar-refractivity contribution in [2.24, 2.45) is 0 Å². The van der Waals surface area contributed by atoms with Crippen LogP contribution in [0.4, 0.5) is 0 Å². The minimum atomic E-state index is 0. The average molecular weight is 484 g/mol. The van der Waals surface area contributed by atoms with Gasteiger partial charge in [-0.2, -0.15) is 0 Å². The van der Waals surface area contributed by atoms with E-state index in [4.69, 9.17) is 0 Å². The van der Waals surface area contributed by atoms with Crippen LogP contribution in [0, 0.1) is 49.4 Å². The van der Waals surface area contributed by atoms with E-state index >= 15 is 0 Å². The minimum absolute atomic E-state index is 0. The summed E-state index contributed by atoms with van der Waals surface area (Å²) < 4.78 is 0.